The first-order chi connectivity index (χ1) is 8.24. The summed E-state index contributed by atoms with van der Waals surface area (Å²) in [6, 6.07) is 5.87. The summed E-state index contributed by atoms with van der Waals surface area (Å²) in [6.07, 6.45) is 2.66. The first-order valence-electron chi connectivity index (χ1n) is 6.01. The van der Waals surface area contributed by atoms with Gasteiger partial charge in [-0.15, -0.1) is 0 Å². The normalized spacial score (nSPS) is 12.1. The molecular weight excluding hydrogens is 216 g/mol. The van der Waals surface area contributed by atoms with Crippen molar-refractivity contribution < 1.29 is 9.53 Å². The lowest BCUT2D eigenvalue weighted by atomic mass is 10.2. The molecule has 94 valence electrons. The zero-order chi connectivity index (χ0) is 12.5. The molecule has 0 aliphatic carbocycles. The molecule has 4 heteroatoms. The predicted molar refractivity (Wildman–Crippen MR) is 66.6 cm³/mol. The molecule has 0 amide bonds. The van der Waals surface area contributed by atoms with Crippen LogP contribution in [-0.4, -0.2) is 30.6 Å². The van der Waals surface area contributed by atoms with Crippen LogP contribution < -0.4 is 5.32 Å². The Bertz CT molecular complexity index is 327. The van der Waals surface area contributed by atoms with Gasteiger partial charge in [-0.1, -0.05) is 13.0 Å². The third-order valence-electron chi connectivity index (χ3n) is 2.42. The molecule has 0 saturated carbocycles. The average Bonchev–Trinajstić information content (AvgIpc) is 2.36. The van der Waals surface area contributed by atoms with Gasteiger partial charge in [0.1, 0.15) is 0 Å². The molecule has 0 bridgehead atoms. The molecule has 1 aromatic rings. The first-order valence-corrected chi connectivity index (χ1v) is 6.01. The minimum absolute atomic E-state index is 0.0984. The van der Waals surface area contributed by atoms with E-state index in [1.807, 2.05) is 32.0 Å². The van der Waals surface area contributed by atoms with Gasteiger partial charge >= 0.3 is 5.97 Å². The topological polar surface area (TPSA) is 51.2 Å². The molecule has 1 atom stereocenters. The molecule has 0 saturated heterocycles. The zero-order valence-electron chi connectivity index (χ0n) is 10.5. The summed E-state index contributed by atoms with van der Waals surface area (Å²) in [5.41, 5.74) is 1.06. The van der Waals surface area contributed by atoms with Gasteiger partial charge < -0.3 is 10.1 Å². The fourth-order valence-corrected chi connectivity index (χ4v) is 1.45. The Kier molecular flexibility index (Phi) is 6.25. The van der Waals surface area contributed by atoms with Crippen LogP contribution in [0.3, 0.4) is 0 Å². The molecule has 0 radical (unpaired) electrons. The smallest absolute Gasteiger partial charge is 0.309 e. The van der Waals surface area contributed by atoms with E-state index in [0.717, 1.165) is 18.7 Å². The number of rotatable bonds is 7. The molecule has 1 heterocycles. The SMILES string of the molecule is CCOC(=O)C(C)CNCCc1ccccn1. The summed E-state index contributed by atoms with van der Waals surface area (Å²) in [5.74, 6) is -0.239. The van der Waals surface area contributed by atoms with Crippen molar-refractivity contribution in [2.24, 2.45) is 5.92 Å². The van der Waals surface area contributed by atoms with Crippen molar-refractivity contribution in [2.45, 2.75) is 20.3 Å². The molecule has 1 rings (SSSR count). The number of ether oxygens (including phenoxy) is 1. The van der Waals surface area contributed by atoms with Crippen LogP contribution in [0.5, 0.6) is 0 Å². The number of esters is 1. The highest BCUT2D eigenvalue weighted by molar-refractivity contribution is 5.72. The number of nitrogens with zero attached hydrogens (tertiary/aromatic N) is 1. The lowest BCUT2D eigenvalue weighted by Gasteiger charge is -2.11. The monoisotopic (exact) mass is 236 g/mol. The number of aromatic nitrogens is 1. The van der Waals surface area contributed by atoms with Crippen LogP contribution in [0, 0.1) is 5.92 Å². The van der Waals surface area contributed by atoms with Crippen molar-refractivity contribution in [1.82, 2.24) is 10.3 Å². The van der Waals surface area contributed by atoms with Crippen LogP contribution in [0.15, 0.2) is 24.4 Å². The summed E-state index contributed by atoms with van der Waals surface area (Å²) in [7, 11) is 0. The number of hydrogen-bond acceptors (Lipinski definition) is 4. The number of pyridine rings is 1. The van der Waals surface area contributed by atoms with E-state index in [2.05, 4.69) is 10.3 Å². The molecule has 17 heavy (non-hydrogen) atoms. The van der Waals surface area contributed by atoms with E-state index in [1.165, 1.54) is 0 Å². The van der Waals surface area contributed by atoms with Crippen molar-refractivity contribution >= 4 is 5.97 Å². The van der Waals surface area contributed by atoms with Crippen LogP contribution in [0.1, 0.15) is 19.5 Å². The second kappa shape index (κ2) is 7.79. The Balaban J connectivity index is 2.14. The third-order valence-corrected chi connectivity index (χ3v) is 2.42. The maximum Gasteiger partial charge on any atom is 0.309 e. The summed E-state index contributed by atoms with van der Waals surface area (Å²) in [4.78, 5) is 15.6. The zero-order valence-corrected chi connectivity index (χ0v) is 10.5. The van der Waals surface area contributed by atoms with Gasteiger partial charge in [0.05, 0.1) is 12.5 Å². The van der Waals surface area contributed by atoms with Gasteiger partial charge in [-0.05, 0) is 19.1 Å². The van der Waals surface area contributed by atoms with Crippen molar-refractivity contribution in [3.8, 4) is 0 Å². The molecule has 0 aliphatic heterocycles. The maximum absolute atomic E-state index is 11.3. The van der Waals surface area contributed by atoms with Crippen LogP contribution in [-0.2, 0) is 16.0 Å². The van der Waals surface area contributed by atoms with Crippen LogP contribution >= 0.6 is 0 Å². The number of carbonyl (C=O) groups excluding carboxylic acids is 1. The van der Waals surface area contributed by atoms with Gasteiger partial charge in [-0.3, -0.25) is 9.78 Å². The quantitative estimate of drug-likeness (QED) is 0.574. The van der Waals surface area contributed by atoms with E-state index in [1.54, 1.807) is 6.20 Å². The van der Waals surface area contributed by atoms with Gasteiger partial charge in [0.2, 0.25) is 0 Å². The summed E-state index contributed by atoms with van der Waals surface area (Å²) in [5, 5.41) is 3.23. The van der Waals surface area contributed by atoms with E-state index in [-0.39, 0.29) is 11.9 Å². The minimum Gasteiger partial charge on any atom is -0.466 e. The minimum atomic E-state index is -0.141. The predicted octanol–water partition coefficient (Wildman–Crippen LogP) is 1.41. The van der Waals surface area contributed by atoms with Crippen LogP contribution in [0.2, 0.25) is 0 Å². The van der Waals surface area contributed by atoms with Crippen molar-refractivity contribution in [3.05, 3.63) is 30.1 Å². The van der Waals surface area contributed by atoms with E-state index in [9.17, 15) is 4.79 Å². The number of carbonyl (C=O) groups is 1. The van der Waals surface area contributed by atoms with E-state index < -0.39 is 0 Å². The maximum atomic E-state index is 11.3. The largest absolute Gasteiger partial charge is 0.466 e. The van der Waals surface area contributed by atoms with E-state index >= 15 is 0 Å². The number of hydrogen-bond donors (Lipinski definition) is 1. The Morgan fingerprint density at radius 2 is 2.35 bits per heavy atom. The van der Waals surface area contributed by atoms with E-state index in [0.29, 0.717) is 13.2 Å². The average molecular weight is 236 g/mol. The molecule has 1 aromatic heterocycles. The molecule has 0 fully saturated rings. The van der Waals surface area contributed by atoms with Crippen molar-refractivity contribution in [1.29, 1.82) is 0 Å². The molecule has 4 nitrogen and oxygen atoms in total. The lowest BCUT2D eigenvalue weighted by Crippen LogP contribution is -2.29. The molecular formula is C13H20N2O2. The second-order valence-corrected chi connectivity index (χ2v) is 3.93. The highest BCUT2D eigenvalue weighted by Crippen LogP contribution is 1.97. The lowest BCUT2D eigenvalue weighted by molar-refractivity contribution is -0.147. The summed E-state index contributed by atoms with van der Waals surface area (Å²) >= 11 is 0. The van der Waals surface area contributed by atoms with Crippen LogP contribution in [0.25, 0.3) is 0 Å². The van der Waals surface area contributed by atoms with Gasteiger partial charge in [0.15, 0.2) is 0 Å². The van der Waals surface area contributed by atoms with Crippen LogP contribution in [0.4, 0.5) is 0 Å². The van der Waals surface area contributed by atoms with Crippen molar-refractivity contribution in [2.75, 3.05) is 19.7 Å². The fraction of sp³-hybridized carbons (Fsp3) is 0.538. The Morgan fingerprint density at radius 1 is 1.53 bits per heavy atom. The molecule has 0 aliphatic rings. The van der Waals surface area contributed by atoms with E-state index in [4.69, 9.17) is 4.74 Å². The van der Waals surface area contributed by atoms with Gasteiger partial charge in [0, 0.05) is 31.4 Å². The van der Waals surface area contributed by atoms with Gasteiger partial charge in [0.25, 0.3) is 0 Å². The fourth-order valence-electron chi connectivity index (χ4n) is 1.45. The Hall–Kier alpha value is -1.42. The Labute approximate surface area is 102 Å². The van der Waals surface area contributed by atoms with Crippen molar-refractivity contribution in [3.63, 3.8) is 0 Å². The highest BCUT2D eigenvalue weighted by atomic mass is 16.5. The third kappa shape index (κ3) is 5.45. The summed E-state index contributed by atoms with van der Waals surface area (Å²) in [6.45, 7) is 5.59. The summed E-state index contributed by atoms with van der Waals surface area (Å²) < 4.78 is 4.93. The molecule has 1 unspecified atom stereocenters. The van der Waals surface area contributed by atoms with Gasteiger partial charge in [-0.2, -0.15) is 0 Å². The van der Waals surface area contributed by atoms with Gasteiger partial charge in [-0.25, -0.2) is 0 Å². The molecule has 0 spiro atoms. The Morgan fingerprint density at radius 3 is 3.00 bits per heavy atom. The highest BCUT2D eigenvalue weighted by Gasteiger charge is 2.12. The molecule has 0 aromatic carbocycles. The standard InChI is InChI=1S/C13H20N2O2/c1-3-17-13(16)11(2)10-14-9-7-12-6-4-5-8-15-12/h4-6,8,11,14H,3,7,9-10H2,1-2H3. The number of nitrogens with one attached hydrogen (secondary N) is 1. The molecule has 1 N–H and O–H groups in total. The second-order valence-electron chi connectivity index (χ2n) is 3.93. The first kappa shape index (κ1) is 13.6.